The van der Waals surface area contributed by atoms with Crippen molar-refractivity contribution < 1.29 is 4.79 Å². The van der Waals surface area contributed by atoms with Crippen molar-refractivity contribution in [1.29, 1.82) is 0 Å². The lowest BCUT2D eigenvalue weighted by Crippen LogP contribution is -2.44. The van der Waals surface area contributed by atoms with Gasteiger partial charge in [-0.1, -0.05) is 29.8 Å². The van der Waals surface area contributed by atoms with Crippen LogP contribution in [0.25, 0.3) is 0 Å². The monoisotopic (exact) mass is 217 g/mol. The van der Waals surface area contributed by atoms with Gasteiger partial charge in [-0.15, -0.1) is 0 Å². The minimum atomic E-state index is -0.237. The molecule has 86 valence electrons. The zero-order chi connectivity index (χ0) is 11.6. The molecule has 1 heterocycles. The maximum atomic E-state index is 12.0. The van der Waals surface area contributed by atoms with Gasteiger partial charge in [0.2, 0.25) is 0 Å². The fourth-order valence-electron chi connectivity index (χ4n) is 2.57. The Morgan fingerprint density at radius 2 is 1.75 bits per heavy atom. The Labute approximate surface area is 97.1 Å². The minimum Gasteiger partial charge on any atom is -0.317 e. The number of carbonyl (C=O) groups is 1. The summed E-state index contributed by atoms with van der Waals surface area (Å²) >= 11 is 0. The van der Waals surface area contributed by atoms with E-state index in [1.54, 1.807) is 6.92 Å². The Hall–Kier alpha value is -1.15. The Morgan fingerprint density at radius 3 is 2.25 bits per heavy atom. The molecule has 0 radical (unpaired) electrons. The fraction of sp³-hybridized carbons (Fsp3) is 0.500. The van der Waals surface area contributed by atoms with E-state index in [1.807, 2.05) is 0 Å². The smallest absolute Gasteiger partial charge is 0.140 e. The Bertz CT molecular complexity index is 374. The SMILES string of the molecule is CC(=O)C1(c2ccc(C)cc2)CCNCC1. The van der Waals surface area contributed by atoms with Crippen molar-refractivity contribution in [2.75, 3.05) is 13.1 Å². The van der Waals surface area contributed by atoms with Gasteiger partial charge in [-0.25, -0.2) is 0 Å². The molecule has 0 unspecified atom stereocenters. The summed E-state index contributed by atoms with van der Waals surface area (Å²) in [5, 5.41) is 3.32. The molecule has 2 heteroatoms. The van der Waals surface area contributed by atoms with Crippen LogP contribution >= 0.6 is 0 Å². The highest BCUT2D eigenvalue weighted by molar-refractivity contribution is 5.88. The zero-order valence-electron chi connectivity index (χ0n) is 10.0. The van der Waals surface area contributed by atoms with Crippen molar-refractivity contribution in [2.45, 2.75) is 32.1 Å². The third-order valence-corrected chi connectivity index (χ3v) is 3.74. The van der Waals surface area contributed by atoms with Gasteiger partial charge in [0.25, 0.3) is 0 Å². The van der Waals surface area contributed by atoms with Crippen LogP contribution in [-0.4, -0.2) is 18.9 Å². The summed E-state index contributed by atoms with van der Waals surface area (Å²) < 4.78 is 0. The van der Waals surface area contributed by atoms with Gasteiger partial charge in [-0.05, 0) is 45.3 Å². The second-order valence-corrected chi connectivity index (χ2v) is 4.75. The van der Waals surface area contributed by atoms with Gasteiger partial charge < -0.3 is 5.32 Å². The van der Waals surface area contributed by atoms with Crippen molar-refractivity contribution in [1.82, 2.24) is 5.32 Å². The lowest BCUT2D eigenvalue weighted by Gasteiger charge is -2.36. The van der Waals surface area contributed by atoms with Gasteiger partial charge in [0.15, 0.2) is 0 Å². The zero-order valence-corrected chi connectivity index (χ0v) is 10.0. The molecular weight excluding hydrogens is 198 g/mol. The minimum absolute atomic E-state index is 0.237. The molecule has 2 rings (SSSR count). The summed E-state index contributed by atoms with van der Waals surface area (Å²) in [6.45, 7) is 5.68. The number of aryl methyl sites for hydroxylation is 1. The summed E-state index contributed by atoms with van der Waals surface area (Å²) in [6, 6.07) is 8.42. The number of carbonyl (C=O) groups excluding carboxylic acids is 1. The third-order valence-electron chi connectivity index (χ3n) is 3.74. The molecule has 0 aromatic heterocycles. The first-order valence-corrected chi connectivity index (χ1v) is 5.94. The standard InChI is InChI=1S/C14H19NO/c1-11-3-5-13(6-4-11)14(12(2)16)7-9-15-10-8-14/h3-6,15H,7-10H2,1-2H3. The average molecular weight is 217 g/mol. The topological polar surface area (TPSA) is 29.1 Å². The normalized spacial score (nSPS) is 19.4. The van der Waals surface area contributed by atoms with Crippen molar-refractivity contribution >= 4 is 5.78 Å². The average Bonchev–Trinajstić information content (AvgIpc) is 2.30. The first-order chi connectivity index (χ1) is 7.65. The summed E-state index contributed by atoms with van der Waals surface area (Å²) in [5.74, 6) is 0.304. The van der Waals surface area contributed by atoms with E-state index in [1.165, 1.54) is 11.1 Å². The number of piperidine rings is 1. The maximum Gasteiger partial charge on any atom is 0.140 e. The molecule has 0 aliphatic carbocycles. The van der Waals surface area contributed by atoms with Crippen LogP contribution in [0.15, 0.2) is 24.3 Å². The second kappa shape index (κ2) is 4.38. The summed E-state index contributed by atoms with van der Waals surface area (Å²) in [4.78, 5) is 12.0. The van der Waals surface area contributed by atoms with E-state index in [0.717, 1.165) is 25.9 Å². The van der Waals surface area contributed by atoms with E-state index >= 15 is 0 Å². The van der Waals surface area contributed by atoms with E-state index in [0.29, 0.717) is 5.78 Å². The van der Waals surface area contributed by atoms with Crippen LogP contribution in [-0.2, 0) is 10.2 Å². The van der Waals surface area contributed by atoms with Crippen LogP contribution in [0.1, 0.15) is 30.9 Å². The largest absolute Gasteiger partial charge is 0.317 e. The molecule has 16 heavy (non-hydrogen) atoms. The predicted molar refractivity (Wildman–Crippen MR) is 65.6 cm³/mol. The van der Waals surface area contributed by atoms with Gasteiger partial charge in [0, 0.05) is 0 Å². The maximum absolute atomic E-state index is 12.0. The molecular formula is C14H19NO. The molecule has 0 spiro atoms. The molecule has 1 aromatic rings. The summed E-state index contributed by atoms with van der Waals surface area (Å²) in [6.07, 6.45) is 1.84. The lowest BCUT2D eigenvalue weighted by molar-refractivity contribution is -0.123. The van der Waals surface area contributed by atoms with Crippen LogP contribution in [0.2, 0.25) is 0 Å². The van der Waals surface area contributed by atoms with Crippen LogP contribution in [0.3, 0.4) is 0 Å². The number of nitrogens with one attached hydrogen (secondary N) is 1. The molecule has 0 saturated carbocycles. The molecule has 0 atom stereocenters. The number of Topliss-reactive ketones (excluding diaryl/α,β-unsaturated/α-hetero) is 1. The van der Waals surface area contributed by atoms with E-state index in [2.05, 4.69) is 36.5 Å². The second-order valence-electron chi connectivity index (χ2n) is 4.75. The van der Waals surface area contributed by atoms with Gasteiger partial charge in [0.1, 0.15) is 5.78 Å². The number of hydrogen-bond donors (Lipinski definition) is 1. The highest BCUT2D eigenvalue weighted by atomic mass is 16.1. The first-order valence-electron chi connectivity index (χ1n) is 5.94. The highest BCUT2D eigenvalue weighted by Gasteiger charge is 2.38. The van der Waals surface area contributed by atoms with Crippen molar-refractivity contribution in [3.05, 3.63) is 35.4 Å². The number of rotatable bonds is 2. The van der Waals surface area contributed by atoms with Crippen molar-refractivity contribution in [3.63, 3.8) is 0 Å². The molecule has 1 N–H and O–H groups in total. The predicted octanol–water partition coefficient (Wildman–Crippen LogP) is 2.21. The third kappa shape index (κ3) is 1.90. The molecule has 2 nitrogen and oxygen atoms in total. The molecule has 1 aromatic carbocycles. The fourth-order valence-corrected chi connectivity index (χ4v) is 2.57. The molecule has 1 aliphatic heterocycles. The van der Waals surface area contributed by atoms with Crippen LogP contribution in [0.5, 0.6) is 0 Å². The van der Waals surface area contributed by atoms with Gasteiger partial charge in [-0.3, -0.25) is 4.79 Å². The van der Waals surface area contributed by atoms with E-state index in [4.69, 9.17) is 0 Å². The first kappa shape index (κ1) is 11.3. The summed E-state index contributed by atoms with van der Waals surface area (Å²) in [7, 11) is 0. The van der Waals surface area contributed by atoms with Gasteiger partial charge in [-0.2, -0.15) is 0 Å². The molecule has 0 bridgehead atoms. The van der Waals surface area contributed by atoms with Gasteiger partial charge >= 0.3 is 0 Å². The van der Waals surface area contributed by atoms with Crippen LogP contribution < -0.4 is 5.32 Å². The van der Waals surface area contributed by atoms with Crippen molar-refractivity contribution in [3.8, 4) is 0 Å². The Morgan fingerprint density at radius 1 is 1.19 bits per heavy atom. The molecule has 1 saturated heterocycles. The van der Waals surface area contributed by atoms with Gasteiger partial charge in [0.05, 0.1) is 5.41 Å². The number of benzene rings is 1. The Balaban J connectivity index is 2.38. The molecule has 1 aliphatic rings. The van der Waals surface area contributed by atoms with Crippen molar-refractivity contribution in [2.24, 2.45) is 0 Å². The van der Waals surface area contributed by atoms with E-state index in [9.17, 15) is 4.79 Å². The molecule has 1 fully saturated rings. The van der Waals surface area contributed by atoms with E-state index in [-0.39, 0.29) is 5.41 Å². The number of hydrogen-bond acceptors (Lipinski definition) is 2. The van der Waals surface area contributed by atoms with E-state index < -0.39 is 0 Å². The lowest BCUT2D eigenvalue weighted by atomic mass is 9.70. The van der Waals surface area contributed by atoms with Crippen LogP contribution in [0, 0.1) is 6.92 Å². The highest BCUT2D eigenvalue weighted by Crippen LogP contribution is 2.34. The number of ketones is 1. The Kier molecular flexibility index (Phi) is 3.10. The quantitative estimate of drug-likeness (QED) is 0.823. The van der Waals surface area contributed by atoms with Crippen LogP contribution in [0.4, 0.5) is 0 Å². The molecule has 0 amide bonds. The summed E-state index contributed by atoms with van der Waals surface area (Å²) in [5.41, 5.74) is 2.20.